The fraction of sp³-hybridized carbons (Fsp3) is 0.320. The quantitative estimate of drug-likeness (QED) is 0.675. The van der Waals surface area contributed by atoms with Crippen LogP contribution in [0.15, 0.2) is 67.1 Å². The van der Waals surface area contributed by atoms with Crippen LogP contribution in [0.5, 0.6) is 0 Å². The summed E-state index contributed by atoms with van der Waals surface area (Å²) in [6.45, 7) is 5.30. The molecule has 2 aliphatic heterocycles. The van der Waals surface area contributed by atoms with Crippen LogP contribution in [0.25, 0.3) is 0 Å². The number of carbonyl (C=O) groups is 1. The summed E-state index contributed by atoms with van der Waals surface area (Å²) in [5.74, 6) is 0.207. The first-order valence-corrected chi connectivity index (χ1v) is 10.6. The zero-order chi connectivity index (χ0) is 20.6. The van der Waals surface area contributed by atoms with Gasteiger partial charge in [-0.05, 0) is 42.7 Å². The van der Waals surface area contributed by atoms with Crippen molar-refractivity contribution >= 4 is 11.6 Å². The van der Waals surface area contributed by atoms with Gasteiger partial charge in [-0.2, -0.15) is 0 Å². The molecule has 5 nitrogen and oxygen atoms in total. The minimum atomic E-state index is -0.0816. The highest BCUT2D eigenvalue weighted by Crippen LogP contribution is 2.45. The van der Waals surface area contributed by atoms with Crippen molar-refractivity contribution in [2.24, 2.45) is 0 Å². The lowest BCUT2D eigenvalue weighted by Crippen LogP contribution is -2.38. The van der Waals surface area contributed by atoms with Gasteiger partial charge in [-0.25, -0.2) is 0 Å². The highest BCUT2D eigenvalue weighted by Gasteiger charge is 2.49. The summed E-state index contributed by atoms with van der Waals surface area (Å²) in [7, 11) is 0. The van der Waals surface area contributed by atoms with Gasteiger partial charge >= 0.3 is 0 Å². The largest absolute Gasteiger partial charge is 0.365 e. The SMILES string of the molecule is Cc1ccc(CC(=O)N2CC[C@]3(C2)CN(Cc2cccnc2)c2cccnc23)cc1. The highest BCUT2D eigenvalue weighted by molar-refractivity contribution is 5.79. The van der Waals surface area contributed by atoms with Crippen LogP contribution < -0.4 is 4.90 Å². The number of aryl methyl sites for hydroxylation is 1. The van der Waals surface area contributed by atoms with Crippen molar-refractivity contribution in [3.63, 3.8) is 0 Å². The number of anilines is 1. The molecule has 0 aliphatic carbocycles. The number of hydrogen-bond donors (Lipinski definition) is 0. The summed E-state index contributed by atoms with van der Waals surface area (Å²) < 4.78 is 0. The van der Waals surface area contributed by atoms with Gasteiger partial charge in [-0.15, -0.1) is 0 Å². The maximum absolute atomic E-state index is 13.0. The third-order valence-corrected chi connectivity index (χ3v) is 6.40. The van der Waals surface area contributed by atoms with E-state index in [4.69, 9.17) is 4.98 Å². The Morgan fingerprint density at radius 1 is 1.03 bits per heavy atom. The van der Waals surface area contributed by atoms with Gasteiger partial charge in [0.25, 0.3) is 0 Å². The van der Waals surface area contributed by atoms with E-state index in [-0.39, 0.29) is 11.3 Å². The molecular formula is C25H26N4O. The molecule has 1 aromatic carbocycles. The van der Waals surface area contributed by atoms with Gasteiger partial charge < -0.3 is 9.80 Å². The second kappa shape index (κ2) is 7.56. The van der Waals surface area contributed by atoms with E-state index < -0.39 is 0 Å². The fourth-order valence-corrected chi connectivity index (χ4v) is 4.84. The number of fused-ring (bicyclic) bond motifs is 2. The molecule has 5 heteroatoms. The van der Waals surface area contributed by atoms with Gasteiger partial charge in [-0.1, -0.05) is 35.9 Å². The normalized spacial score (nSPS) is 20.0. The molecule has 1 atom stereocenters. The number of aromatic nitrogens is 2. The van der Waals surface area contributed by atoms with E-state index >= 15 is 0 Å². The second-order valence-electron chi connectivity index (χ2n) is 8.60. The molecular weight excluding hydrogens is 372 g/mol. The maximum Gasteiger partial charge on any atom is 0.227 e. The van der Waals surface area contributed by atoms with Crippen molar-refractivity contribution in [2.45, 2.75) is 31.7 Å². The monoisotopic (exact) mass is 398 g/mol. The summed E-state index contributed by atoms with van der Waals surface area (Å²) in [5, 5.41) is 0. The highest BCUT2D eigenvalue weighted by atomic mass is 16.2. The standard InChI is InChI=1S/C25H26N4O/c1-19-6-8-20(9-7-19)14-23(30)28-13-10-25(17-28)18-29(16-21-4-2-11-26-15-21)22-5-3-12-27-24(22)25/h2-9,11-12,15H,10,13-14,16-18H2,1H3/t25-/m0/s1. The van der Waals surface area contributed by atoms with Gasteiger partial charge in [0.15, 0.2) is 0 Å². The molecule has 1 fully saturated rings. The molecule has 1 spiro atoms. The van der Waals surface area contributed by atoms with Crippen LogP contribution in [-0.2, 0) is 23.2 Å². The number of nitrogens with zero attached hydrogens (tertiary/aromatic N) is 4. The summed E-state index contributed by atoms with van der Waals surface area (Å²) >= 11 is 0. The van der Waals surface area contributed by atoms with E-state index in [0.29, 0.717) is 6.42 Å². The van der Waals surface area contributed by atoms with Crippen molar-refractivity contribution < 1.29 is 4.79 Å². The predicted molar refractivity (Wildman–Crippen MR) is 117 cm³/mol. The van der Waals surface area contributed by atoms with E-state index in [1.165, 1.54) is 16.8 Å². The van der Waals surface area contributed by atoms with Crippen LogP contribution in [0, 0.1) is 6.92 Å². The van der Waals surface area contributed by atoms with Crippen LogP contribution >= 0.6 is 0 Å². The third-order valence-electron chi connectivity index (χ3n) is 6.40. The smallest absolute Gasteiger partial charge is 0.227 e. The van der Waals surface area contributed by atoms with Gasteiger partial charge in [0.1, 0.15) is 0 Å². The number of carbonyl (C=O) groups excluding carboxylic acids is 1. The Hall–Kier alpha value is -3.21. The number of likely N-dealkylation sites (tertiary alicyclic amines) is 1. The maximum atomic E-state index is 13.0. The minimum Gasteiger partial charge on any atom is -0.365 e. The van der Waals surface area contributed by atoms with Crippen molar-refractivity contribution in [1.29, 1.82) is 0 Å². The first-order valence-electron chi connectivity index (χ1n) is 10.6. The van der Waals surface area contributed by atoms with Gasteiger partial charge in [0.05, 0.1) is 23.2 Å². The van der Waals surface area contributed by atoms with Crippen LogP contribution in [-0.4, -0.2) is 40.4 Å². The molecule has 152 valence electrons. The molecule has 1 saturated heterocycles. The number of hydrogen-bond acceptors (Lipinski definition) is 4. The predicted octanol–water partition coefficient (Wildman–Crippen LogP) is 3.52. The Bertz CT molecular complexity index is 1050. The first-order chi connectivity index (χ1) is 14.6. The summed E-state index contributed by atoms with van der Waals surface area (Å²) in [5.41, 5.74) is 5.73. The molecule has 3 aromatic rings. The fourth-order valence-electron chi connectivity index (χ4n) is 4.84. The van der Waals surface area contributed by atoms with Crippen LogP contribution in [0.1, 0.15) is 28.8 Å². The van der Waals surface area contributed by atoms with Gasteiger partial charge in [-0.3, -0.25) is 14.8 Å². The molecule has 30 heavy (non-hydrogen) atoms. The average Bonchev–Trinajstić information content (AvgIpc) is 3.33. The van der Waals surface area contributed by atoms with E-state index in [2.05, 4.69) is 53.2 Å². The number of pyridine rings is 2. The van der Waals surface area contributed by atoms with E-state index in [0.717, 1.165) is 43.9 Å². The first kappa shape index (κ1) is 18.8. The lowest BCUT2D eigenvalue weighted by Gasteiger charge is -2.26. The topological polar surface area (TPSA) is 49.3 Å². The number of rotatable bonds is 4. The molecule has 0 radical (unpaired) electrons. The molecule has 1 amide bonds. The number of benzene rings is 1. The Kier molecular flexibility index (Phi) is 4.74. The van der Waals surface area contributed by atoms with Crippen molar-refractivity contribution in [1.82, 2.24) is 14.9 Å². The molecule has 4 heterocycles. The van der Waals surface area contributed by atoms with E-state index in [1.54, 1.807) is 6.20 Å². The van der Waals surface area contributed by atoms with Crippen molar-refractivity contribution in [3.8, 4) is 0 Å². The Balaban J connectivity index is 1.34. The Labute approximate surface area is 177 Å². The lowest BCUT2D eigenvalue weighted by atomic mass is 9.85. The lowest BCUT2D eigenvalue weighted by molar-refractivity contribution is -0.129. The van der Waals surface area contributed by atoms with Crippen LogP contribution in [0.4, 0.5) is 5.69 Å². The van der Waals surface area contributed by atoms with Gasteiger partial charge in [0.2, 0.25) is 5.91 Å². The van der Waals surface area contributed by atoms with Crippen LogP contribution in [0.2, 0.25) is 0 Å². The summed E-state index contributed by atoms with van der Waals surface area (Å²) in [6, 6.07) is 16.5. The molecule has 2 aliphatic rings. The third kappa shape index (κ3) is 3.45. The molecule has 0 saturated carbocycles. The average molecular weight is 399 g/mol. The van der Waals surface area contributed by atoms with Crippen molar-refractivity contribution in [2.75, 3.05) is 24.5 Å². The molecule has 0 bridgehead atoms. The molecule has 0 N–H and O–H groups in total. The van der Waals surface area contributed by atoms with Gasteiger partial charge in [0, 0.05) is 44.8 Å². The zero-order valence-corrected chi connectivity index (χ0v) is 17.3. The summed E-state index contributed by atoms with van der Waals surface area (Å²) in [6.07, 6.45) is 7.03. The zero-order valence-electron chi connectivity index (χ0n) is 17.3. The Morgan fingerprint density at radius 2 is 1.87 bits per heavy atom. The summed E-state index contributed by atoms with van der Waals surface area (Å²) in [4.78, 5) is 26.5. The molecule has 5 rings (SSSR count). The second-order valence-corrected chi connectivity index (χ2v) is 8.60. The molecule has 2 aromatic heterocycles. The van der Waals surface area contributed by atoms with E-state index in [1.807, 2.05) is 29.4 Å². The minimum absolute atomic E-state index is 0.0816. The van der Waals surface area contributed by atoms with Crippen LogP contribution in [0.3, 0.4) is 0 Å². The number of amides is 1. The van der Waals surface area contributed by atoms with Crippen molar-refractivity contribution in [3.05, 3.63) is 89.5 Å². The Morgan fingerprint density at radius 3 is 2.67 bits per heavy atom. The molecule has 0 unspecified atom stereocenters. The van der Waals surface area contributed by atoms with E-state index in [9.17, 15) is 4.79 Å².